The van der Waals surface area contributed by atoms with Gasteiger partial charge in [0.25, 0.3) is 5.91 Å². The summed E-state index contributed by atoms with van der Waals surface area (Å²) in [6, 6.07) is 20.4. The van der Waals surface area contributed by atoms with Gasteiger partial charge in [-0.3, -0.25) is 9.78 Å². The van der Waals surface area contributed by atoms with Crippen molar-refractivity contribution in [1.82, 2.24) is 10.3 Å². The normalized spacial score (nSPS) is 11.8. The Bertz CT molecular complexity index is 872. The van der Waals surface area contributed by atoms with E-state index >= 15 is 0 Å². The summed E-state index contributed by atoms with van der Waals surface area (Å²) in [7, 11) is 0. The summed E-state index contributed by atoms with van der Waals surface area (Å²) < 4.78 is 0. The van der Waals surface area contributed by atoms with Gasteiger partial charge in [0, 0.05) is 24.0 Å². The molecule has 1 heterocycles. The van der Waals surface area contributed by atoms with E-state index in [0.29, 0.717) is 5.56 Å². The predicted octanol–water partition coefficient (Wildman–Crippen LogP) is 5.20. The summed E-state index contributed by atoms with van der Waals surface area (Å²) >= 11 is 0. The van der Waals surface area contributed by atoms with Gasteiger partial charge in [0.15, 0.2) is 0 Å². The second kappa shape index (κ2) is 9.13. The number of amides is 1. The molecule has 0 bridgehead atoms. The molecule has 1 atom stereocenters. The lowest BCUT2D eigenvalue weighted by molar-refractivity contribution is 0.0938. The van der Waals surface area contributed by atoms with Crippen LogP contribution in [0, 0.1) is 6.92 Å². The lowest BCUT2D eigenvalue weighted by Crippen LogP contribution is -2.32. The molecule has 3 nitrogen and oxygen atoms in total. The van der Waals surface area contributed by atoms with E-state index in [1.807, 2.05) is 36.5 Å². The Morgan fingerprint density at radius 3 is 2.56 bits per heavy atom. The number of hydrogen-bond acceptors (Lipinski definition) is 2. The van der Waals surface area contributed by atoms with Crippen LogP contribution in [0.25, 0.3) is 11.1 Å². The van der Waals surface area contributed by atoms with Crippen LogP contribution in [0.15, 0.2) is 73.1 Å². The maximum Gasteiger partial charge on any atom is 0.251 e. The molecule has 1 amide bonds. The van der Waals surface area contributed by atoms with Crippen molar-refractivity contribution in [3.63, 3.8) is 0 Å². The number of carbonyl (C=O) groups excluding carboxylic acids is 1. The summed E-state index contributed by atoms with van der Waals surface area (Å²) in [5, 5.41) is 3.10. The molecule has 0 spiro atoms. The minimum Gasteiger partial charge on any atom is -0.350 e. The Morgan fingerprint density at radius 1 is 1.04 bits per heavy atom. The molecule has 3 heteroatoms. The Balaban J connectivity index is 1.51. The molecule has 0 aliphatic heterocycles. The lowest BCUT2D eigenvalue weighted by Gasteiger charge is -2.14. The van der Waals surface area contributed by atoms with Crippen molar-refractivity contribution in [3.8, 4) is 11.1 Å². The molecule has 3 rings (SSSR count). The Hall–Kier alpha value is -2.94. The van der Waals surface area contributed by atoms with Crippen molar-refractivity contribution in [2.75, 3.05) is 0 Å². The number of nitrogens with one attached hydrogen (secondary N) is 1. The Labute approximate surface area is 161 Å². The van der Waals surface area contributed by atoms with Crippen molar-refractivity contribution in [1.29, 1.82) is 0 Å². The van der Waals surface area contributed by atoms with Crippen LogP contribution in [0.2, 0.25) is 0 Å². The fourth-order valence-corrected chi connectivity index (χ4v) is 3.18. The van der Waals surface area contributed by atoms with Crippen LogP contribution < -0.4 is 5.32 Å². The molecule has 0 aliphatic rings. The van der Waals surface area contributed by atoms with Crippen LogP contribution in [0.4, 0.5) is 0 Å². The van der Waals surface area contributed by atoms with Crippen LogP contribution in [-0.4, -0.2) is 16.9 Å². The smallest absolute Gasteiger partial charge is 0.251 e. The first-order valence-corrected chi connectivity index (χ1v) is 9.49. The first-order valence-electron chi connectivity index (χ1n) is 9.49. The number of pyridine rings is 1. The highest BCUT2D eigenvalue weighted by molar-refractivity contribution is 5.94. The van der Waals surface area contributed by atoms with Gasteiger partial charge >= 0.3 is 0 Å². The Kier molecular flexibility index (Phi) is 6.37. The third kappa shape index (κ3) is 5.52. The largest absolute Gasteiger partial charge is 0.350 e. The molecule has 0 radical (unpaired) electrons. The number of aromatic nitrogens is 1. The van der Waals surface area contributed by atoms with Crippen LogP contribution in [0.3, 0.4) is 0 Å². The minimum absolute atomic E-state index is 0.0142. The zero-order valence-corrected chi connectivity index (χ0v) is 16.0. The number of rotatable bonds is 7. The molecule has 0 aliphatic carbocycles. The molecule has 0 fully saturated rings. The molecule has 1 unspecified atom stereocenters. The zero-order chi connectivity index (χ0) is 19.1. The maximum atomic E-state index is 12.5. The molecular formula is C24H26N2O. The summed E-state index contributed by atoms with van der Waals surface area (Å²) in [4.78, 5) is 16.6. The molecule has 2 aromatic carbocycles. The van der Waals surface area contributed by atoms with Gasteiger partial charge in [-0.2, -0.15) is 0 Å². The zero-order valence-electron chi connectivity index (χ0n) is 16.0. The summed E-state index contributed by atoms with van der Waals surface area (Å²) in [5.41, 5.74) is 5.47. The van der Waals surface area contributed by atoms with Crippen LogP contribution in [-0.2, 0) is 6.42 Å². The minimum atomic E-state index is -0.0142. The quantitative estimate of drug-likeness (QED) is 0.631. The topological polar surface area (TPSA) is 42.0 Å². The lowest BCUT2D eigenvalue weighted by atomic mass is 10.0. The summed E-state index contributed by atoms with van der Waals surface area (Å²) in [6.45, 7) is 4.14. The fourth-order valence-electron chi connectivity index (χ4n) is 3.18. The van der Waals surface area contributed by atoms with E-state index in [2.05, 4.69) is 54.5 Å². The Morgan fingerprint density at radius 2 is 1.85 bits per heavy atom. The van der Waals surface area contributed by atoms with Gasteiger partial charge in [-0.25, -0.2) is 0 Å². The van der Waals surface area contributed by atoms with Gasteiger partial charge in [-0.15, -0.1) is 0 Å². The first kappa shape index (κ1) is 18.8. The van der Waals surface area contributed by atoms with E-state index < -0.39 is 0 Å². The van der Waals surface area contributed by atoms with Crippen molar-refractivity contribution in [2.24, 2.45) is 0 Å². The highest BCUT2D eigenvalue weighted by Crippen LogP contribution is 2.21. The molecule has 3 aromatic rings. The first-order chi connectivity index (χ1) is 13.1. The van der Waals surface area contributed by atoms with E-state index in [-0.39, 0.29) is 11.9 Å². The fraction of sp³-hybridized carbons (Fsp3) is 0.250. The van der Waals surface area contributed by atoms with Crippen LogP contribution in [0.5, 0.6) is 0 Å². The molecule has 1 N–H and O–H groups in total. The number of hydrogen-bond donors (Lipinski definition) is 1. The molecular weight excluding hydrogens is 332 g/mol. The van der Waals surface area contributed by atoms with Crippen LogP contribution >= 0.6 is 0 Å². The molecule has 1 aromatic heterocycles. The third-order valence-electron chi connectivity index (χ3n) is 4.70. The van der Waals surface area contributed by atoms with Gasteiger partial charge in [-0.05, 0) is 68.0 Å². The van der Waals surface area contributed by atoms with E-state index in [0.717, 1.165) is 24.8 Å². The summed E-state index contributed by atoms with van der Waals surface area (Å²) in [5.74, 6) is -0.0142. The SMILES string of the molecule is Cc1cccc(-c2ccc(C(=O)NC(C)CCCc3cccnc3)cc2)c1. The standard InChI is InChI=1S/C24H26N2O/c1-18-6-3-10-23(16-18)21-11-13-22(14-12-21)24(27)26-19(2)7-4-8-20-9-5-15-25-17-20/h3,5-6,9-17,19H,4,7-8H2,1-2H3,(H,26,27). The van der Waals surface area contributed by atoms with Crippen molar-refractivity contribution in [2.45, 2.75) is 39.2 Å². The van der Waals surface area contributed by atoms with Crippen molar-refractivity contribution in [3.05, 3.63) is 89.7 Å². The van der Waals surface area contributed by atoms with Crippen molar-refractivity contribution < 1.29 is 4.79 Å². The molecule has 0 saturated heterocycles. The van der Waals surface area contributed by atoms with Gasteiger partial charge in [0.05, 0.1) is 0 Å². The van der Waals surface area contributed by atoms with Gasteiger partial charge < -0.3 is 5.32 Å². The third-order valence-corrected chi connectivity index (χ3v) is 4.70. The summed E-state index contributed by atoms with van der Waals surface area (Å²) in [6.07, 6.45) is 6.65. The average Bonchev–Trinajstić information content (AvgIpc) is 2.69. The highest BCUT2D eigenvalue weighted by atomic mass is 16.1. The van der Waals surface area contributed by atoms with E-state index in [1.165, 1.54) is 16.7 Å². The van der Waals surface area contributed by atoms with Gasteiger partial charge in [0.1, 0.15) is 0 Å². The van der Waals surface area contributed by atoms with E-state index in [1.54, 1.807) is 6.20 Å². The monoisotopic (exact) mass is 358 g/mol. The predicted molar refractivity (Wildman–Crippen MR) is 111 cm³/mol. The molecule has 27 heavy (non-hydrogen) atoms. The van der Waals surface area contributed by atoms with Gasteiger partial charge in [0.2, 0.25) is 0 Å². The maximum absolute atomic E-state index is 12.5. The number of carbonyl (C=O) groups is 1. The molecule has 0 saturated carbocycles. The highest BCUT2D eigenvalue weighted by Gasteiger charge is 2.10. The second-order valence-corrected chi connectivity index (χ2v) is 7.07. The molecule has 138 valence electrons. The van der Waals surface area contributed by atoms with Gasteiger partial charge in [-0.1, -0.05) is 48.0 Å². The second-order valence-electron chi connectivity index (χ2n) is 7.07. The van der Waals surface area contributed by atoms with E-state index in [4.69, 9.17) is 0 Å². The number of nitrogens with zero attached hydrogens (tertiary/aromatic N) is 1. The van der Waals surface area contributed by atoms with Crippen molar-refractivity contribution >= 4 is 5.91 Å². The number of benzene rings is 2. The average molecular weight is 358 g/mol. The van der Waals surface area contributed by atoms with E-state index in [9.17, 15) is 4.79 Å². The van der Waals surface area contributed by atoms with Crippen LogP contribution in [0.1, 0.15) is 41.3 Å². The number of aryl methyl sites for hydroxylation is 2.